The summed E-state index contributed by atoms with van der Waals surface area (Å²) in [5, 5.41) is 0. The molecule has 0 bridgehead atoms. The van der Waals surface area contributed by atoms with Gasteiger partial charge in [0.15, 0.2) is 0 Å². The summed E-state index contributed by atoms with van der Waals surface area (Å²) in [4.78, 5) is 0. The lowest BCUT2D eigenvalue weighted by Gasteiger charge is -2.44. The van der Waals surface area contributed by atoms with Gasteiger partial charge in [-0.3, -0.25) is 0 Å². The fourth-order valence-corrected chi connectivity index (χ4v) is 3.54. The predicted octanol–water partition coefficient (Wildman–Crippen LogP) is 4.18. The van der Waals surface area contributed by atoms with Crippen LogP contribution in [0.2, 0.25) is 0 Å². The Hall–Kier alpha value is -0.0800. The first kappa shape index (κ1) is 16.0. The number of nitrogens with two attached hydrogens (primary N) is 2. The van der Waals surface area contributed by atoms with E-state index in [-0.39, 0.29) is 5.66 Å². The molecular weight excluding hydrogens is 220 g/mol. The van der Waals surface area contributed by atoms with Crippen LogP contribution < -0.4 is 11.5 Å². The molecule has 18 heavy (non-hydrogen) atoms. The van der Waals surface area contributed by atoms with Crippen molar-refractivity contribution >= 4 is 0 Å². The molecule has 0 amide bonds. The summed E-state index contributed by atoms with van der Waals surface area (Å²) in [5.74, 6) is 1.18. The van der Waals surface area contributed by atoms with Gasteiger partial charge in [0.2, 0.25) is 0 Å². The predicted molar refractivity (Wildman–Crippen MR) is 80.2 cm³/mol. The van der Waals surface area contributed by atoms with Crippen molar-refractivity contribution in [2.45, 2.75) is 90.1 Å². The minimum Gasteiger partial charge on any atom is -0.313 e. The minimum absolute atomic E-state index is 0.360. The molecule has 2 aliphatic rings. The molecule has 0 saturated heterocycles. The lowest BCUT2D eigenvalue weighted by molar-refractivity contribution is 0.111. The van der Waals surface area contributed by atoms with Crippen LogP contribution in [-0.4, -0.2) is 5.66 Å². The molecule has 0 heterocycles. The molecule has 2 fully saturated rings. The standard InChI is InChI=1S/C13H26N2.C3H8/c14-13(15,11-7-3-1-4-8-11)12-9-5-2-6-10-12;1-3-2/h11-12H,1-10,14-15H2;3H2,1-2H3. The molecule has 2 aliphatic carbocycles. The summed E-state index contributed by atoms with van der Waals surface area (Å²) in [5.41, 5.74) is 12.5. The Morgan fingerprint density at radius 2 is 1.00 bits per heavy atom. The van der Waals surface area contributed by atoms with Crippen LogP contribution in [0.25, 0.3) is 0 Å². The molecule has 0 aliphatic heterocycles. The van der Waals surface area contributed by atoms with E-state index in [9.17, 15) is 0 Å². The lowest BCUT2D eigenvalue weighted by Crippen LogP contribution is -2.61. The summed E-state index contributed by atoms with van der Waals surface area (Å²) in [6, 6.07) is 0. The Bertz CT molecular complexity index is 181. The van der Waals surface area contributed by atoms with E-state index >= 15 is 0 Å². The van der Waals surface area contributed by atoms with Gasteiger partial charge in [0.25, 0.3) is 0 Å². The second-order valence-corrected chi connectivity index (χ2v) is 6.38. The van der Waals surface area contributed by atoms with Gasteiger partial charge in [-0.15, -0.1) is 0 Å². The van der Waals surface area contributed by atoms with E-state index in [0.717, 1.165) is 0 Å². The van der Waals surface area contributed by atoms with Gasteiger partial charge < -0.3 is 11.5 Å². The Labute approximate surface area is 114 Å². The first-order valence-corrected chi connectivity index (χ1v) is 8.20. The van der Waals surface area contributed by atoms with Crippen molar-refractivity contribution in [2.24, 2.45) is 23.3 Å². The third kappa shape index (κ3) is 4.55. The maximum Gasteiger partial charge on any atom is 0.0694 e. The van der Waals surface area contributed by atoms with Gasteiger partial charge in [-0.2, -0.15) is 0 Å². The van der Waals surface area contributed by atoms with Crippen LogP contribution in [-0.2, 0) is 0 Å². The fraction of sp³-hybridized carbons (Fsp3) is 1.00. The second-order valence-electron chi connectivity index (χ2n) is 6.38. The maximum absolute atomic E-state index is 6.44. The van der Waals surface area contributed by atoms with Crippen LogP contribution in [0.3, 0.4) is 0 Å². The topological polar surface area (TPSA) is 52.0 Å². The zero-order chi connectivity index (χ0) is 13.4. The molecule has 0 radical (unpaired) electrons. The maximum atomic E-state index is 6.44. The van der Waals surface area contributed by atoms with E-state index in [1.807, 2.05) is 0 Å². The molecule has 0 aromatic heterocycles. The number of rotatable bonds is 2. The zero-order valence-electron chi connectivity index (χ0n) is 12.6. The molecule has 108 valence electrons. The van der Waals surface area contributed by atoms with E-state index in [2.05, 4.69) is 13.8 Å². The highest BCUT2D eigenvalue weighted by Crippen LogP contribution is 2.38. The Kier molecular flexibility index (Phi) is 7.25. The van der Waals surface area contributed by atoms with Crippen LogP contribution in [0.1, 0.15) is 84.5 Å². The third-order valence-corrected chi connectivity index (χ3v) is 4.62. The molecule has 0 atom stereocenters. The van der Waals surface area contributed by atoms with E-state index in [0.29, 0.717) is 11.8 Å². The third-order valence-electron chi connectivity index (χ3n) is 4.62. The molecule has 0 aromatic carbocycles. The first-order chi connectivity index (χ1) is 8.62. The largest absolute Gasteiger partial charge is 0.313 e. The van der Waals surface area contributed by atoms with Crippen molar-refractivity contribution in [3.05, 3.63) is 0 Å². The summed E-state index contributed by atoms with van der Waals surface area (Å²) >= 11 is 0. The lowest BCUT2D eigenvalue weighted by atomic mass is 9.70. The molecule has 2 heteroatoms. The van der Waals surface area contributed by atoms with Crippen molar-refractivity contribution in [3.63, 3.8) is 0 Å². The Morgan fingerprint density at radius 1 is 0.722 bits per heavy atom. The van der Waals surface area contributed by atoms with Gasteiger partial charge in [-0.25, -0.2) is 0 Å². The van der Waals surface area contributed by atoms with E-state index in [1.165, 1.54) is 70.6 Å². The fourth-order valence-electron chi connectivity index (χ4n) is 3.54. The average Bonchev–Trinajstić information content (AvgIpc) is 2.42. The normalized spacial score (nSPS) is 23.3. The number of hydrogen-bond donors (Lipinski definition) is 2. The smallest absolute Gasteiger partial charge is 0.0694 e. The highest BCUT2D eigenvalue weighted by Gasteiger charge is 2.39. The molecule has 2 rings (SSSR count). The van der Waals surface area contributed by atoms with Gasteiger partial charge in [0.05, 0.1) is 5.66 Å². The monoisotopic (exact) mass is 254 g/mol. The number of hydrogen-bond acceptors (Lipinski definition) is 2. The van der Waals surface area contributed by atoms with E-state index in [1.54, 1.807) is 0 Å². The molecular formula is C16H34N2. The average molecular weight is 254 g/mol. The van der Waals surface area contributed by atoms with Crippen molar-refractivity contribution < 1.29 is 0 Å². The highest BCUT2D eigenvalue weighted by atomic mass is 15.0. The SMILES string of the molecule is CCC.NC(N)(C1CCCCC1)C1CCCCC1. The molecule has 4 N–H and O–H groups in total. The van der Waals surface area contributed by atoms with Crippen LogP contribution in [0, 0.1) is 11.8 Å². The first-order valence-electron chi connectivity index (χ1n) is 8.20. The molecule has 2 saturated carbocycles. The van der Waals surface area contributed by atoms with Crippen molar-refractivity contribution in [1.29, 1.82) is 0 Å². The van der Waals surface area contributed by atoms with Crippen molar-refractivity contribution in [1.82, 2.24) is 0 Å². The van der Waals surface area contributed by atoms with Crippen LogP contribution in [0.4, 0.5) is 0 Å². The van der Waals surface area contributed by atoms with Gasteiger partial charge >= 0.3 is 0 Å². The second kappa shape index (κ2) is 8.16. The summed E-state index contributed by atoms with van der Waals surface area (Å²) in [6.45, 7) is 4.25. The van der Waals surface area contributed by atoms with Gasteiger partial charge in [0, 0.05) is 0 Å². The highest BCUT2D eigenvalue weighted by molar-refractivity contribution is 4.94. The Morgan fingerprint density at radius 3 is 1.28 bits per heavy atom. The quantitative estimate of drug-likeness (QED) is 0.726. The van der Waals surface area contributed by atoms with Crippen LogP contribution in [0.15, 0.2) is 0 Å². The summed E-state index contributed by atoms with van der Waals surface area (Å²) in [6.07, 6.45) is 14.5. The van der Waals surface area contributed by atoms with E-state index < -0.39 is 0 Å². The molecule has 2 nitrogen and oxygen atoms in total. The molecule has 0 aromatic rings. The van der Waals surface area contributed by atoms with Crippen molar-refractivity contribution in [2.75, 3.05) is 0 Å². The van der Waals surface area contributed by atoms with Crippen LogP contribution >= 0.6 is 0 Å². The summed E-state index contributed by atoms with van der Waals surface area (Å²) < 4.78 is 0. The molecule has 0 spiro atoms. The molecule has 0 unspecified atom stereocenters. The minimum atomic E-state index is -0.360. The Balaban J connectivity index is 0.000000492. The van der Waals surface area contributed by atoms with Gasteiger partial charge in [0.1, 0.15) is 0 Å². The van der Waals surface area contributed by atoms with E-state index in [4.69, 9.17) is 11.5 Å². The van der Waals surface area contributed by atoms with Crippen molar-refractivity contribution in [3.8, 4) is 0 Å². The van der Waals surface area contributed by atoms with Crippen LogP contribution in [0.5, 0.6) is 0 Å². The summed E-state index contributed by atoms with van der Waals surface area (Å²) in [7, 11) is 0. The zero-order valence-corrected chi connectivity index (χ0v) is 12.6. The van der Waals surface area contributed by atoms with Gasteiger partial charge in [-0.1, -0.05) is 58.8 Å². The van der Waals surface area contributed by atoms with Gasteiger partial charge in [-0.05, 0) is 37.5 Å².